The van der Waals surface area contributed by atoms with Gasteiger partial charge in [0.25, 0.3) is 5.91 Å². The summed E-state index contributed by atoms with van der Waals surface area (Å²) in [6, 6.07) is 20.7. The molecule has 1 amide bonds. The summed E-state index contributed by atoms with van der Waals surface area (Å²) < 4.78 is 2.21. The molecule has 1 aromatic heterocycles. The number of aromatic nitrogens is 1. The number of hydrogen-bond donors (Lipinski definition) is 0. The molecule has 0 saturated carbocycles. The summed E-state index contributed by atoms with van der Waals surface area (Å²) >= 11 is 0. The minimum absolute atomic E-state index is 0.0419. The molecule has 0 N–H and O–H groups in total. The molecule has 3 rings (SSSR count). The van der Waals surface area contributed by atoms with Crippen LogP contribution in [0, 0.1) is 6.92 Å². The minimum atomic E-state index is 0.0419. The summed E-state index contributed by atoms with van der Waals surface area (Å²) in [4.78, 5) is 15.0. The van der Waals surface area contributed by atoms with Gasteiger partial charge < -0.3 is 9.47 Å². The van der Waals surface area contributed by atoms with Gasteiger partial charge in [-0.05, 0) is 55.2 Å². The number of nitrogens with zero attached hydrogens (tertiary/aromatic N) is 2. The maximum absolute atomic E-state index is 13.2. The molecule has 1 heterocycles. The van der Waals surface area contributed by atoms with Crippen molar-refractivity contribution in [2.75, 3.05) is 6.54 Å². The summed E-state index contributed by atoms with van der Waals surface area (Å²) in [5, 5.41) is 0. The number of unbranched alkanes of at least 4 members (excludes halogenated alkanes) is 1. The maximum Gasteiger partial charge on any atom is 0.254 e. The Morgan fingerprint density at radius 1 is 1.07 bits per heavy atom. The first-order chi connectivity index (χ1) is 14.6. The molecular formula is C27H32N2O. The summed E-state index contributed by atoms with van der Waals surface area (Å²) in [5.41, 5.74) is 5.65. The minimum Gasteiger partial charge on any atom is -0.345 e. The van der Waals surface area contributed by atoms with Crippen molar-refractivity contribution in [3.05, 3.63) is 107 Å². The highest BCUT2D eigenvalue weighted by atomic mass is 16.2. The van der Waals surface area contributed by atoms with E-state index in [4.69, 9.17) is 0 Å². The highest BCUT2D eigenvalue weighted by molar-refractivity contribution is 5.94. The molecule has 156 valence electrons. The van der Waals surface area contributed by atoms with Gasteiger partial charge >= 0.3 is 0 Å². The molecule has 2 aromatic carbocycles. The molecule has 0 spiro atoms. The fraction of sp³-hybridized carbons (Fsp3) is 0.296. The van der Waals surface area contributed by atoms with Gasteiger partial charge in [-0.2, -0.15) is 0 Å². The van der Waals surface area contributed by atoms with Crippen LogP contribution in [0.2, 0.25) is 0 Å². The summed E-state index contributed by atoms with van der Waals surface area (Å²) in [7, 11) is 0. The topological polar surface area (TPSA) is 25.2 Å². The van der Waals surface area contributed by atoms with Crippen molar-refractivity contribution in [1.82, 2.24) is 9.47 Å². The van der Waals surface area contributed by atoms with Crippen molar-refractivity contribution >= 4 is 5.91 Å². The highest BCUT2D eigenvalue weighted by Gasteiger charge is 2.16. The number of carbonyl (C=O) groups excluding carboxylic acids is 1. The van der Waals surface area contributed by atoms with Gasteiger partial charge in [0, 0.05) is 30.5 Å². The smallest absolute Gasteiger partial charge is 0.254 e. The number of benzene rings is 2. The lowest BCUT2D eigenvalue weighted by molar-refractivity contribution is 0.0759. The molecule has 3 aromatic rings. The van der Waals surface area contributed by atoms with E-state index in [0.717, 1.165) is 24.2 Å². The van der Waals surface area contributed by atoms with Crippen LogP contribution in [-0.2, 0) is 19.5 Å². The van der Waals surface area contributed by atoms with E-state index in [1.807, 2.05) is 23.1 Å². The average molecular weight is 401 g/mol. The number of rotatable bonds is 10. The Hall–Kier alpha value is -3.07. The third-order valence-electron chi connectivity index (χ3n) is 5.37. The van der Waals surface area contributed by atoms with Crippen LogP contribution < -0.4 is 0 Å². The first kappa shape index (κ1) is 21.6. The third kappa shape index (κ3) is 5.73. The van der Waals surface area contributed by atoms with E-state index >= 15 is 0 Å². The monoisotopic (exact) mass is 400 g/mol. The standard InChI is InChI=1S/C27H32N2O/c1-4-6-10-23-13-15-25(16-14-23)27(30)29(17-5-2)21-26-12-8-18-28(26)20-24-11-7-9-22(3)19-24/h5,7-9,11-16,18-19H,2,4,6,10,17,20-21H2,1,3H3. The zero-order chi connectivity index (χ0) is 21.3. The predicted octanol–water partition coefficient (Wildman–Crippen LogP) is 6.02. The summed E-state index contributed by atoms with van der Waals surface area (Å²) in [6.07, 6.45) is 7.29. The Kier molecular flexibility index (Phi) is 7.67. The molecule has 0 fully saturated rings. The van der Waals surface area contributed by atoms with Gasteiger partial charge in [0.15, 0.2) is 0 Å². The lowest BCUT2D eigenvalue weighted by atomic mass is 10.1. The van der Waals surface area contributed by atoms with Crippen molar-refractivity contribution in [1.29, 1.82) is 0 Å². The van der Waals surface area contributed by atoms with Gasteiger partial charge in [0.1, 0.15) is 0 Å². The number of aryl methyl sites for hydroxylation is 2. The van der Waals surface area contributed by atoms with Gasteiger partial charge in [-0.1, -0.05) is 61.4 Å². The van der Waals surface area contributed by atoms with Crippen LogP contribution in [0.15, 0.2) is 79.5 Å². The molecule has 3 heteroatoms. The van der Waals surface area contributed by atoms with Crippen molar-refractivity contribution in [2.24, 2.45) is 0 Å². The molecule has 0 aliphatic carbocycles. The molecular weight excluding hydrogens is 368 g/mol. The van der Waals surface area contributed by atoms with E-state index in [1.54, 1.807) is 6.08 Å². The highest BCUT2D eigenvalue weighted by Crippen LogP contribution is 2.15. The Balaban J connectivity index is 1.73. The Bertz CT molecular complexity index is 969. The fourth-order valence-electron chi connectivity index (χ4n) is 3.70. The lowest BCUT2D eigenvalue weighted by Gasteiger charge is -2.22. The SMILES string of the molecule is C=CCN(Cc1cccn1Cc1cccc(C)c1)C(=O)c1ccc(CCCC)cc1. The second-order valence-electron chi connectivity index (χ2n) is 7.89. The van der Waals surface area contributed by atoms with E-state index in [2.05, 4.69) is 73.7 Å². The zero-order valence-corrected chi connectivity index (χ0v) is 18.2. The molecule has 0 bridgehead atoms. The quantitative estimate of drug-likeness (QED) is 0.382. The van der Waals surface area contributed by atoms with Gasteiger partial charge in [0.2, 0.25) is 0 Å². The van der Waals surface area contributed by atoms with Gasteiger partial charge in [-0.25, -0.2) is 0 Å². The van der Waals surface area contributed by atoms with Crippen LogP contribution >= 0.6 is 0 Å². The Morgan fingerprint density at radius 2 is 1.87 bits per heavy atom. The number of amides is 1. The van der Waals surface area contributed by atoms with Gasteiger partial charge in [0.05, 0.1) is 6.54 Å². The maximum atomic E-state index is 13.2. The first-order valence-corrected chi connectivity index (χ1v) is 10.8. The van der Waals surface area contributed by atoms with E-state index in [-0.39, 0.29) is 5.91 Å². The third-order valence-corrected chi connectivity index (χ3v) is 5.37. The van der Waals surface area contributed by atoms with Crippen molar-refractivity contribution in [3.63, 3.8) is 0 Å². The number of carbonyl (C=O) groups is 1. The summed E-state index contributed by atoms with van der Waals surface area (Å²) in [6.45, 7) is 10.0. The van der Waals surface area contributed by atoms with Crippen molar-refractivity contribution < 1.29 is 4.79 Å². The van der Waals surface area contributed by atoms with Gasteiger partial charge in [-0.3, -0.25) is 4.79 Å². The molecule has 0 saturated heterocycles. The molecule has 0 atom stereocenters. The molecule has 0 unspecified atom stereocenters. The van der Waals surface area contributed by atoms with E-state index in [0.29, 0.717) is 13.1 Å². The first-order valence-electron chi connectivity index (χ1n) is 10.8. The van der Waals surface area contributed by atoms with Crippen LogP contribution in [-0.4, -0.2) is 21.9 Å². The molecule has 3 nitrogen and oxygen atoms in total. The second-order valence-corrected chi connectivity index (χ2v) is 7.89. The lowest BCUT2D eigenvalue weighted by Crippen LogP contribution is -2.31. The molecule has 30 heavy (non-hydrogen) atoms. The van der Waals surface area contributed by atoms with Crippen molar-refractivity contribution in [2.45, 2.75) is 46.2 Å². The van der Waals surface area contributed by atoms with Crippen LogP contribution in [0.5, 0.6) is 0 Å². The molecule has 0 radical (unpaired) electrons. The summed E-state index contributed by atoms with van der Waals surface area (Å²) in [5.74, 6) is 0.0419. The van der Waals surface area contributed by atoms with Crippen molar-refractivity contribution in [3.8, 4) is 0 Å². The van der Waals surface area contributed by atoms with E-state index in [9.17, 15) is 4.79 Å². The van der Waals surface area contributed by atoms with Crippen LogP contribution in [0.3, 0.4) is 0 Å². The van der Waals surface area contributed by atoms with E-state index in [1.165, 1.54) is 29.5 Å². The van der Waals surface area contributed by atoms with E-state index < -0.39 is 0 Å². The average Bonchev–Trinajstić information content (AvgIpc) is 3.18. The fourth-order valence-corrected chi connectivity index (χ4v) is 3.70. The normalized spacial score (nSPS) is 10.7. The predicted molar refractivity (Wildman–Crippen MR) is 125 cm³/mol. The Labute approximate surface area is 180 Å². The molecule has 0 aliphatic rings. The largest absolute Gasteiger partial charge is 0.345 e. The second kappa shape index (κ2) is 10.6. The van der Waals surface area contributed by atoms with Crippen LogP contribution in [0.25, 0.3) is 0 Å². The number of hydrogen-bond acceptors (Lipinski definition) is 1. The Morgan fingerprint density at radius 3 is 2.57 bits per heavy atom. The zero-order valence-electron chi connectivity index (χ0n) is 18.2. The molecule has 0 aliphatic heterocycles. The van der Waals surface area contributed by atoms with Crippen LogP contribution in [0.1, 0.15) is 52.5 Å². The van der Waals surface area contributed by atoms with Crippen LogP contribution in [0.4, 0.5) is 0 Å². The van der Waals surface area contributed by atoms with Gasteiger partial charge in [-0.15, -0.1) is 6.58 Å².